The van der Waals surface area contributed by atoms with Gasteiger partial charge in [-0.1, -0.05) is 24.3 Å². The SMILES string of the molecule is O=C(Cc1ccc(N2CC(F)(F)C2)cc1)Nc1ccn(Cc2ccc(F)cc2)n1. The van der Waals surface area contributed by atoms with E-state index in [0.29, 0.717) is 12.4 Å². The fraction of sp³-hybridized carbons (Fsp3) is 0.238. The van der Waals surface area contributed by atoms with E-state index in [2.05, 4.69) is 10.4 Å². The molecular weight excluding hydrogens is 381 g/mol. The zero-order valence-electron chi connectivity index (χ0n) is 15.5. The second-order valence-electron chi connectivity index (χ2n) is 7.13. The average Bonchev–Trinajstić information content (AvgIpc) is 3.09. The van der Waals surface area contributed by atoms with E-state index in [9.17, 15) is 18.0 Å². The summed E-state index contributed by atoms with van der Waals surface area (Å²) in [5.41, 5.74) is 2.40. The van der Waals surface area contributed by atoms with Crippen LogP contribution in [0.15, 0.2) is 60.8 Å². The molecule has 0 bridgehead atoms. The number of alkyl halides is 2. The van der Waals surface area contributed by atoms with Gasteiger partial charge in [-0.15, -0.1) is 0 Å². The average molecular weight is 400 g/mol. The molecule has 1 fully saturated rings. The van der Waals surface area contributed by atoms with Crippen molar-refractivity contribution in [2.24, 2.45) is 0 Å². The minimum atomic E-state index is -2.61. The molecule has 150 valence electrons. The topological polar surface area (TPSA) is 50.2 Å². The Balaban J connectivity index is 1.29. The third kappa shape index (κ3) is 4.77. The Labute approximate surface area is 165 Å². The molecule has 0 atom stereocenters. The van der Waals surface area contributed by atoms with Gasteiger partial charge in [-0.2, -0.15) is 5.10 Å². The maximum Gasteiger partial charge on any atom is 0.282 e. The van der Waals surface area contributed by atoms with E-state index < -0.39 is 5.92 Å². The van der Waals surface area contributed by atoms with Gasteiger partial charge in [0.15, 0.2) is 5.82 Å². The number of hydrogen-bond donors (Lipinski definition) is 1. The van der Waals surface area contributed by atoms with Gasteiger partial charge in [0.05, 0.1) is 26.1 Å². The number of rotatable bonds is 6. The quantitative estimate of drug-likeness (QED) is 0.686. The lowest BCUT2D eigenvalue weighted by Crippen LogP contribution is -2.56. The van der Waals surface area contributed by atoms with Gasteiger partial charge in [0, 0.05) is 18.0 Å². The molecule has 1 amide bonds. The molecule has 5 nitrogen and oxygen atoms in total. The first kappa shape index (κ1) is 19.0. The summed E-state index contributed by atoms with van der Waals surface area (Å²) in [6.45, 7) is -0.0754. The highest BCUT2D eigenvalue weighted by Gasteiger charge is 2.43. The van der Waals surface area contributed by atoms with Crippen LogP contribution >= 0.6 is 0 Å². The van der Waals surface area contributed by atoms with Crippen LogP contribution in [0.3, 0.4) is 0 Å². The van der Waals surface area contributed by atoms with Crippen LogP contribution in [-0.4, -0.2) is 34.7 Å². The van der Waals surface area contributed by atoms with Gasteiger partial charge in [-0.3, -0.25) is 9.48 Å². The standard InChI is InChI=1S/C21H19F3N4O/c22-17-5-1-16(2-6-17)12-28-10-9-19(26-28)25-20(29)11-15-3-7-18(8-4-15)27-13-21(23,24)14-27/h1-10H,11-14H2,(H,25,26,29). The van der Waals surface area contributed by atoms with Gasteiger partial charge < -0.3 is 10.2 Å². The minimum absolute atomic E-state index is 0.154. The van der Waals surface area contributed by atoms with Gasteiger partial charge >= 0.3 is 0 Å². The van der Waals surface area contributed by atoms with Crippen LogP contribution in [0.2, 0.25) is 0 Å². The van der Waals surface area contributed by atoms with E-state index in [4.69, 9.17) is 0 Å². The van der Waals surface area contributed by atoms with E-state index >= 15 is 0 Å². The fourth-order valence-electron chi connectivity index (χ4n) is 3.19. The van der Waals surface area contributed by atoms with Gasteiger partial charge in [0.1, 0.15) is 5.82 Å². The van der Waals surface area contributed by atoms with Gasteiger partial charge in [0.2, 0.25) is 5.91 Å². The molecule has 8 heteroatoms. The Hall–Kier alpha value is -3.29. The van der Waals surface area contributed by atoms with E-state index in [1.165, 1.54) is 12.1 Å². The normalized spacial score (nSPS) is 15.1. The Morgan fingerprint density at radius 3 is 2.31 bits per heavy atom. The highest BCUT2D eigenvalue weighted by molar-refractivity contribution is 5.91. The third-order valence-electron chi connectivity index (χ3n) is 4.68. The van der Waals surface area contributed by atoms with Crippen molar-refractivity contribution in [1.82, 2.24) is 9.78 Å². The van der Waals surface area contributed by atoms with Crippen LogP contribution in [0.25, 0.3) is 0 Å². The maximum absolute atomic E-state index is 13.0. The highest BCUT2D eigenvalue weighted by Crippen LogP contribution is 2.31. The predicted molar refractivity (Wildman–Crippen MR) is 104 cm³/mol. The number of carbonyl (C=O) groups is 1. The Kier molecular flexibility index (Phi) is 5.00. The second-order valence-corrected chi connectivity index (χ2v) is 7.13. The molecule has 1 N–H and O–H groups in total. The summed E-state index contributed by atoms with van der Waals surface area (Å²) < 4.78 is 40.5. The van der Waals surface area contributed by atoms with Crippen LogP contribution in [0, 0.1) is 5.82 Å². The number of hydrogen-bond acceptors (Lipinski definition) is 3. The second kappa shape index (κ2) is 7.62. The van der Waals surface area contributed by atoms with Crippen LogP contribution in [-0.2, 0) is 17.8 Å². The first-order valence-electron chi connectivity index (χ1n) is 9.16. The van der Waals surface area contributed by atoms with Crippen LogP contribution in [0.1, 0.15) is 11.1 Å². The number of aromatic nitrogens is 2. The molecule has 1 aromatic heterocycles. The van der Waals surface area contributed by atoms with Gasteiger partial charge in [-0.25, -0.2) is 13.2 Å². The van der Waals surface area contributed by atoms with Crippen molar-refractivity contribution in [3.63, 3.8) is 0 Å². The van der Waals surface area contributed by atoms with Crippen molar-refractivity contribution >= 4 is 17.4 Å². The first-order valence-corrected chi connectivity index (χ1v) is 9.16. The molecule has 4 rings (SSSR count). The molecule has 0 unspecified atom stereocenters. The summed E-state index contributed by atoms with van der Waals surface area (Å²) in [6.07, 6.45) is 1.89. The van der Waals surface area contributed by atoms with Crippen molar-refractivity contribution in [1.29, 1.82) is 0 Å². The van der Waals surface area contributed by atoms with Crippen LogP contribution in [0.4, 0.5) is 24.7 Å². The van der Waals surface area contributed by atoms with Crippen molar-refractivity contribution in [3.05, 3.63) is 77.7 Å². The molecule has 3 aromatic rings. The lowest BCUT2D eigenvalue weighted by atomic mass is 10.1. The summed E-state index contributed by atoms with van der Waals surface area (Å²) in [6, 6.07) is 14.8. The van der Waals surface area contributed by atoms with Crippen LogP contribution < -0.4 is 10.2 Å². The molecule has 1 saturated heterocycles. The van der Waals surface area contributed by atoms with Crippen molar-refractivity contribution in [2.75, 3.05) is 23.3 Å². The third-order valence-corrected chi connectivity index (χ3v) is 4.68. The highest BCUT2D eigenvalue weighted by atomic mass is 19.3. The van der Waals surface area contributed by atoms with Gasteiger partial charge in [-0.05, 0) is 35.4 Å². The van der Waals surface area contributed by atoms with E-state index in [1.807, 2.05) is 0 Å². The van der Waals surface area contributed by atoms with E-state index in [0.717, 1.165) is 16.8 Å². The fourth-order valence-corrected chi connectivity index (χ4v) is 3.19. The van der Waals surface area contributed by atoms with E-state index in [1.54, 1.807) is 58.2 Å². The Morgan fingerprint density at radius 1 is 1.00 bits per heavy atom. The Bertz CT molecular complexity index is 992. The number of carbonyl (C=O) groups excluding carboxylic acids is 1. The molecule has 0 radical (unpaired) electrons. The van der Waals surface area contributed by atoms with Crippen molar-refractivity contribution in [2.45, 2.75) is 18.9 Å². The number of nitrogens with one attached hydrogen (secondary N) is 1. The lowest BCUT2D eigenvalue weighted by Gasteiger charge is -2.40. The summed E-state index contributed by atoms with van der Waals surface area (Å²) in [5.74, 6) is -2.70. The predicted octanol–water partition coefficient (Wildman–Crippen LogP) is 3.71. The molecule has 2 aromatic carbocycles. The molecule has 1 aliphatic heterocycles. The zero-order valence-corrected chi connectivity index (χ0v) is 15.5. The first-order chi connectivity index (χ1) is 13.9. The van der Waals surface area contributed by atoms with Crippen molar-refractivity contribution in [3.8, 4) is 0 Å². The molecule has 1 aliphatic rings. The number of benzene rings is 2. The zero-order chi connectivity index (χ0) is 20.4. The molecule has 29 heavy (non-hydrogen) atoms. The largest absolute Gasteiger partial charge is 0.359 e. The van der Waals surface area contributed by atoms with E-state index in [-0.39, 0.29) is 31.2 Å². The smallest absolute Gasteiger partial charge is 0.282 e. The number of nitrogens with zero attached hydrogens (tertiary/aromatic N) is 3. The van der Waals surface area contributed by atoms with Gasteiger partial charge in [0.25, 0.3) is 5.92 Å². The molecule has 2 heterocycles. The molecule has 0 spiro atoms. The summed E-state index contributed by atoms with van der Waals surface area (Å²) in [7, 11) is 0. The molecule has 0 aliphatic carbocycles. The number of anilines is 2. The van der Waals surface area contributed by atoms with Crippen LogP contribution in [0.5, 0.6) is 0 Å². The Morgan fingerprint density at radius 2 is 1.66 bits per heavy atom. The minimum Gasteiger partial charge on any atom is -0.359 e. The summed E-state index contributed by atoms with van der Waals surface area (Å²) in [4.78, 5) is 13.8. The number of amides is 1. The van der Waals surface area contributed by atoms with Crippen molar-refractivity contribution < 1.29 is 18.0 Å². The summed E-state index contributed by atoms with van der Waals surface area (Å²) >= 11 is 0. The molecule has 0 saturated carbocycles. The summed E-state index contributed by atoms with van der Waals surface area (Å²) in [5, 5.41) is 7.03. The monoisotopic (exact) mass is 400 g/mol. The lowest BCUT2D eigenvalue weighted by molar-refractivity contribution is -0.115. The maximum atomic E-state index is 13.0. The number of halogens is 3. The molecular formula is C21H19F3N4O.